The molecule has 1 unspecified atom stereocenters. The predicted octanol–water partition coefficient (Wildman–Crippen LogP) is 3.76. The van der Waals surface area contributed by atoms with Crippen LogP contribution in [0.1, 0.15) is 20.8 Å². The fraction of sp³-hybridized carbons (Fsp3) is 0.833. The lowest BCUT2D eigenvalue weighted by atomic mass is 10.4. The highest BCUT2D eigenvalue weighted by Crippen LogP contribution is 2.39. The minimum Gasteiger partial charge on any atom is -1.00 e. The molecule has 0 spiro atoms. The topological polar surface area (TPSA) is 0 Å². The molecular weight excluding hydrogens is 647 g/mol. The van der Waals surface area contributed by atoms with Crippen molar-refractivity contribution in [1.82, 2.24) is 0 Å². The molecule has 0 N–H and O–H groups in total. The highest BCUT2D eigenvalue weighted by Gasteiger charge is 2.53. The van der Waals surface area contributed by atoms with Gasteiger partial charge in [0.05, 0.1) is 0 Å². The third-order valence-corrected chi connectivity index (χ3v) is 2.44. The first kappa shape index (κ1) is 55.2. The summed E-state index contributed by atoms with van der Waals surface area (Å²) in [5.41, 5.74) is 0. The molecular formula is C12H13Cl4F19-2. The van der Waals surface area contributed by atoms with Crippen molar-refractivity contribution in [3.63, 3.8) is 0 Å². The Morgan fingerprint density at radius 3 is 0.686 bits per heavy atom. The van der Waals surface area contributed by atoms with Crippen molar-refractivity contribution in [2.75, 3.05) is 0 Å². The molecule has 0 aromatic carbocycles. The van der Waals surface area contributed by atoms with E-state index in [0.717, 1.165) is 0 Å². The van der Waals surface area contributed by atoms with Crippen LogP contribution < -0.4 is 17.1 Å². The molecule has 0 aromatic heterocycles. The van der Waals surface area contributed by atoms with E-state index in [1.54, 1.807) is 0 Å². The Hall–Kier alpha value is -0.430. The molecule has 0 heterocycles. The van der Waals surface area contributed by atoms with E-state index in [-0.39, 0.29) is 40.4 Å². The van der Waals surface area contributed by atoms with Crippen LogP contribution in [-0.4, -0.2) is 40.1 Å². The van der Waals surface area contributed by atoms with Crippen LogP contribution in [0.3, 0.4) is 0 Å². The van der Waals surface area contributed by atoms with Crippen LogP contribution in [0.5, 0.6) is 0 Å². The van der Waals surface area contributed by atoms with Crippen LogP contribution in [0.15, 0.2) is 12.4 Å². The standard InChI is InChI=1S/C3H3Cl2F3.C3H3ClF4.C3H3F5.C3H2F4.ClH.3FH/c3*1-2(4,5)3(6,7)8;1-2(4)3(5,6)7;;;;/h3*1H3;1H2;4*1H/p-2. The van der Waals surface area contributed by atoms with Crippen molar-refractivity contribution in [1.29, 1.82) is 0 Å². The molecule has 35 heavy (non-hydrogen) atoms. The fourth-order valence-corrected chi connectivity index (χ4v) is 0. The average molecular weight is 660 g/mol. The smallest absolute Gasteiger partial charge is 0.452 e. The highest BCUT2D eigenvalue weighted by molar-refractivity contribution is 6.48. The van der Waals surface area contributed by atoms with Gasteiger partial charge in [0.2, 0.25) is 4.33 Å². The van der Waals surface area contributed by atoms with E-state index < -0.39 is 45.9 Å². The third-order valence-electron chi connectivity index (χ3n) is 1.80. The summed E-state index contributed by atoms with van der Waals surface area (Å²) in [5.74, 6) is -6.82. The molecule has 0 bridgehead atoms. The van der Waals surface area contributed by atoms with Gasteiger partial charge < -0.3 is 17.1 Å². The van der Waals surface area contributed by atoms with Gasteiger partial charge in [-0.3, -0.25) is 9.41 Å². The zero-order valence-electron chi connectivity index (χ0n) is 16.5. The molecule has 0 nitrogen and oxygen atoms in total. The number of allylic oxidation sites excluding steroid dienone is 1. The zero-order valence-corrected chi connectivity index (χ0v) is 19.5. The first-order chi connectivity index (χ1) is 12.7. The first-order valence-electron chi connectivity index (χ1n) is 6.44. The van der Waals surface area contributed by atoms with Crippen LogP contribution in [0.2, 0.25) is 0 Å². The Morgan fingerprint density at radius 2 is 0.686 bits per heavy atom. The van der Waals surface area contributed by atoms with Gasteiger partial charge >= 0.3 is 30.6 Å². The summed E-state index contributed by atoms with van der Waals surface area (Å²) < 4.78 is 174. The molecule has 0 saturated carbocycles. The minimum absolute atomic E-state index is 0. The van der Waals surface area contributed by atoms with Gasteiger partial charge in [-0.1, -0.05) is 41.4 Å². The summed E-state index contributed by atoms with van der Waals surface area (Å²) in [6, 6.07) is 0. The Balaban J connectivity index is -0.0000000446. The van der Waals surface area contributed by atoms with Crippen LogP contribution in [-0.2, 0) is 0 Å². The summed E-state index contributed by atoms with van der Waals surface area (Å²) >= 11 is 13.5. The maximum Gasteiger partial charge on any atom is 0.452 e. The number of rotatable bonds is 0. The molecule has 0 fully saturated rings. The van der Waals surface area contributed by atoms with Crippen LogP contribution in [0, 0.1) is 0 Å². The van der Waals surface area contributed by atoms with Gasteiger partial charge in [0.25, 0.3) is 5.13 Å². The van der Waals surface area contributed by atoms with Crippen molar-refractivity contribution >= 4 is 34.8 Å². The Bertz CT molecular complexity index is 420. The van der Waals surface area contributed by atoms with Gasteiger partial charge in [-0.15, -0.1) is 0 Å². The molecule has 0 saturated heterocycles. The first-order valence-corrected chi connectivity index (χ1v) is 7.58. The van der Waals surface area contributed by atoms with Gasteiger partial charge in [-0.05, 0) is 13.8 Å². The molecule has 0 aliphatic carbocycles. The lowest BCUT2D eigenvalue weighted by Crippen LogP contribution is -3.00. The normalized spacial score (nSPS) is 13.4. The molecule has 0 rings (SSSR count). The maximum absolute atomic E-state index is 11.5. The van der Waals surface area contributed by atoms with E-state index in [9.17, 15) is 70.2 Å². The monoisotopic (exact) mass is 658 g/mol. The lowest BCUT2D eigenvalue weighted by Gasteiger charge is -2.16. The molecule has 0 aliphatic rings. The molecule has 0 amide bonds. The lowest BCUT2D eigenvalue weighted by molar-refractivity contribution is -0.273. The molecule has 1 atom stereocenters. The van der Waals surface area contributed by atoms with E-state index in [2.05, 4.69) is 34.8 Å². The summed E-state index contributed by atoms with van der Waals surface area (Å²) in [7, 11) is 0. The SMILES string of the molecule is C=C(F)C(F)(F)F.CC(Cl)(Cl)C(F)(F)F.CC(F)(Cl)C(F)(F)F.CC(F)(F)C(F)(F)F.F.F.[Cl-].[F-]. The average Bonchev–Trinajstić information content (AvgIpc) is 2.31. The number of alkyl halides is 18. The Morgan fingerprint density at radius 1 is 0.571 bits per heavy atom. The number of hydrogen-bond acceptors (Lipinski definition) is 0. The quantitative estimate of drug-likeness (QED) is 0.275. The zero-order chi connectivity index (χ0) is 27.1. The second-order valence-electron chi connectivity index (χ2n) is 5.06. The highest BCUT2D eigenvalue weighted by atomic mass is 35.5. The Labute approximate surface area is 205 Å². The number of hydrogen-bond donors (Lipinski definition) is 0. The van der Waals surface area contributed by atoms with E-state index in [4.69, 9.17) is 0 Å². The van der Waals surface area contributed by atoms with E-state index in [1.807, 2.05) is 6.58 Å². The van der Waals surface area contributed by atoms with Gasteiger partial charge in [0.1, 0.15) is 0 Å². The van der Waals surface area contributed by atoms with E-state index in [0.29, 0.717) is 6.92 Å². The molecule has 0 radical (unpaired) electrons. The van der Waals surface area contributed by atoms with Crippen LogP contribution in [0.25, 0.3) is 0 Å². The largest absolute Gasteiger partial charge is 1.00 e. The Kier molecular flexibility index (Phi) is 28.3. The van der Waals surface area contributed by atoms with Crippen molar-refractivity contribution in [3.05, 3.63) is 12.4 Å². The fourth-order valence-electron chi connectivity index (χ4n) is 0. The predicted molar refractivity (Wildman–Crippen MR) is 85.6 cm³/mol. The second kappa shape index (κ2) is 17.9. The van der Waals surface area contributed by atoms with Gasteiger partial charge in [-0.25, -0.2) is 8.78 Å². The van der Waals surface area contributed by atoms with Crippen LogP contribution in [0.4, 0.5) is 79.7 Å². The third kappa shape index (κ3) is 31.5. The van der Waals surface area contributed by atoms with Crippen LogP contribution >= 0.6 is 34.8 Å². The molecule has 224 valence electrons. The van der Waals surface area contributed by atoms with Gasteiger partial charge in [0, 0.05) is 6.92 Å². The van der Waals surface area contributed by atoms with Crippen molar-refractivity contribution in [2.24, 2.45) is 0 Å². The maximum atomic E-state index is 11.5. The van der Waals surface area contributed by atoms with Crippen molar-refractivity contribution in [3.8, 4) is 0 Å². The van der Waals surface area contributed by atoms with E-state index in [1.165, 1.54) is 0 Å². The van der Waals surface area contributed by atoms with Crippen molar-refractivity contribution < 1.29 is 96.8 Å². The van der Waals surface area contributed by atoms with Gasteiger partial charge in [0.15, 0.2) is 5.83 Å². The number of halogens is 23. The van der Waals surface area contributed by atoms with Gasteiger partial charge in [-0.2, -0.15) is 61.5 Å². The van der Waals surface area contributed by atoms with Crippen molar-refractivity contribution in [2.45, 2.75) is 60.9 Å². The van der Waals surface area contributed by atoms with E-state index >= 15 is 0 Å². The molecule has 23 heteroatoms. The molecule has 0 aliphatic heterocycles. The second-order valence-corrected chi connectivity index (χ2v) is 7.48. The summed E-state index contributed by atoms with van der Waals surface area (Å²) in [6.45, 7) is 2.77. The summed E-state index contributed by atoms with van der Waals surface area (Å²) in [4.78, 5) is 0. The summed E-state index contributed by atoms with van der Waals surface area (Å²) in [5, 5.41) is -3.59. The minimum atomic E-state index is -5.40. The summed E-state index contributed by atoms with van der Waals surface area (Å²) in [6.07, 6.45) is -19.8. The molecule has 0 aromatic rings.